The molecule has 2 atom stereocenters. The van der Waals surface area contributed by atoms with Crippen molar-refractivity contribution in [1.82, 2.24) is 20.0 Å². The van der Waals surface area contributed by atoms with E-state index in [1.165, 1.54) is 5.69 Å². The third-order valence-electron chi connectivity index (χ3n) is 6.12. The van der Waals surface area contributed by atoms with Gasteiger partial charge >= 0.3 is 0 Å². The molecule has 1 aromatic heterocycles. The Morgan fingerprint density at radius 1 is 1.26 bits per heavy atom. The van der Waals surface area contributed by atoms with Crippen molar-refractivity contribution >= 4 is 24.8 Å². The quantitative estimate of drug-likeness (QED) is 0.661. The zero-order chi connectivity index (χ0) is 17.5. The van der Waals surface area contributed by atoms with Crippen LogP contribution >= 0.6 is 24.8 Å². The van der Waals surface area contributed by atoms with E-state index in [1.54, 1.807) is 6.92 Å². The Labute approximate surface area is 173 Å². The SMILES string of the molecule is C[C@@]1(O)CCOC2(CCN(Cc3cc4n(n3)CCCNC4)CC2)[C@H]1O.Cl.Cl. The lowest BCUT2D eigenvalue weighted by Gasteiger charge is -2.51. The molecule has 3 aliphatic heterocycles. The number of aromatic nitrogens is 2. The number of fused-ring (bicyclic) bond motifs is 1. The average Bonchev–Trinajstić information content (AvgIpc) is 2.83. The molecule has 9 heteroatoms. The highest BCUT2D eigenvalue weighted by Crippen LogP contribution is 2.39. The van der Waals surface area contributed by atoms with Crippen molar-refractivity contribution in [3.63, 3.8) is 0 Å². The van der Waals surface area contributed by atoms with Gasteiger partial charge in [-0.25, -0.2) is 0 Å². The highest BCUT2D eigenvalue weighted by molar-refractivity contribution is 5.85. The number of rotatable bonds is 2. The molecule has 1 spiro atoms. The Morgan fingerprint density at radius 3 is 2.74 bits per heavy atom. The molecule has 4 heterocycles. The molecule has 1 aromatic rings. The van der Waals surface area contributed by atoms with Gasteiger partial charge in [-0.1, -0.05) is 0 Å². The maximum absolute atomic E-state index is 10.6. The number of likely N-dealkylation sites (tertiary alicyclic amines) is 1. The highest BCUT2D eigenvalue weighted by Gasteiger charge is 2.52. The third kappa shape index (κ3) is 4.61. The predicted molar refractivity (Wildman–Crippen MR) is 107 cm³/mol. The van der Waals surface area contributed by atoms with Crippen molar-refractivity contribution in [1.29, 1.82) is 0 Å². The normalized spacial score (nSPS) is 30.7. The Morgan fingerprint density at radius 2 is 2.00 bits per heavy atom. The summed E-state index contributed by atoms with van der Waals surface area (Å²) >= 11 is 0. The van der Waals surface area contributed by atoms with Crippen LogP contribution in [-0.4, -0.2) is 68.4 Å². The molecule has 4 rings (SSSR count). The van der Waals surface area contributed by atoms with E-state index in [4.69, 9.17) is 9.84 Å². The van der Waals surface area contributed by atoms with Gasteiger partial charge in [0.05, 0.1) is 29.2 Å². The van der Waals surface area contributed by atoms with Gasteiger partial charge in [0.15, 0.2) is 0 Å². The summed E-state index contributed by atoms with van der Waals surface area (Å²) in [4.78, 5) is 2.38. The molecule has 2 saturated heterocycles. The maximum atomic E-state index is 10.6. The summed E-state index contributed by atoms with van der Waals surface area (Å²) in [6, 6.07) is 2.21. The highest BCUT2D eigenvalue weighted by atomic mass is 35.5. The molecule has 3 aliphatic rings. The lowest BCUT2D eigenvalue weighted by molar-refractivity contribution is -0.246. The number of piperidine rings is 1. The van der Waals surface area contributed by atoms with Crippen LogP contribution < -0.4 is 5.32 Å². The predicted octanol–water partition coefficient (Wildman–Crippen LogP) is 1.09. The standard InChI is InChI=1S/C18H30N4O3.2ClH/c1-17(24)5-10-25-18(16(17)23)3-8-21(9-4-18)13-14-11-15-12-19-6-2-7-22(15)20-14;;/h11,16,19,23-24H,2-10,12-13H2,1H3;2*1H/t16-,17+;;/m0../s1. The Kier molecular flexibility index (Phi) is 7.58. The van der Waals surface area contributed by atoms with E-state index in [2.05, 4.69) is 21.0 Å². The van der Waals surface area contributed by atoms with Crippen LogP contribution in [0.15, 0.2) is 6.07 Å². The van der Waals surface area contributed by atoms with Crippen LogP contribution in [-0.2, 0) is 24.4 Å². The van der Waals surface area contributed by atoms with E-state index in [0.717, 1.165) is 64.2 Å². The maximum Gasteiger partial charge on any atom is 0.111 e. The minimum Gasteiger partial charge on any atom is -0.387 e. The molecule has 0 bridgehead atoms. The van der Waals surface area contributed by atoms with E-state index < -0.39 is 17.3 Å². The number of aryl methyl sites for hydroxylation is 1. The van der Waals surface area contributed by atoms with E-state index in [-0.39, 0.29) is 24.8 Å². The second-order valence-electron chi connectivity index (χ2n) is 8.08. The first-order valence-electron chi connectivity index (χ1n) is 9.52. The van der Waals surface area contributed by atoms with Crippen LogP contribution in [0.25, 0.3) is 0 Å². The van der Waals surface area contributed by atoms with E-state index in [9.17, 15) is 10.2 Å². The monoisotopic (exact) mass is 422 g/mol. The van der Waals surface area contributed by atoms with Gasteiger partial charge in [-0.2, -0.15) is 5.10 Å². The molecule has 0 aliphatic carbocycles. The lowest BCUT2D eigenvalue weighted by atomic mass is 9.75. The van der Waals surface area contributed by atoms with Crippen LogP contribution in [0.1, 0.15) is 44.0 Å². The van der Waals surface area contributed by atoms with Gasteiger partial charge in [0.1, 0.15) is 6.10 Å². The average molecular weight is 423 g/mol. The summed E-state index contributed by atoms with van der Waals surface area (Å²) < 4.78 is 8.10. The van der Waals surface area contributed by atoms with Gasteiger partial charge < -0.3 is 20.3 Å². The second-order valence-corrected chi connectivity index (χ2v) is 8.08. The van der Waals surface area contributed by atoms with Crippen molar-refractivity contribution in [3.8, 4) is 0 Å². The summed E-state index contributed by atoms with van der Waals surface area (Å²) in [5.41, 5.74) is 0.748. The fourth-order valence-corrected chi connectivity index (χ4v) is 4.48. The number of ether oxygens (including phenoxy) is 1. The van der Waals surface area contributed by atoms with E-state index in [0.29, 0.717) is 13.0 Å². The topological polar surface area (TPSA) is 82.8 Å². The number of halogens is 2. The van der Waals surface area contributed by atoms with Crippen molar-refractivity contribution in [2.24, 2.45) is 0 Å². The molecule has 0 amide bonds. The Balaban J connectivity index is 0.00000131. The Bertz CT molecular complexity index is 594. The number of aliphatic hydroxyl groups is 2. The fraction of sp³-hybridized carbons (Fsp3) is 0.833. The van der Waals surface area contributed by atoms with Crippen LogP contribution in [0, 0.1) is 0 Å². The molecule has 156 valence electrons. The number of hydrogen-bond acceptors (Lipinski definition) is 6. The molecular weight excluding hydrogens is 391 g/mol. The molecule has 3 N–H and O–H groups in total. The zero-order valence-electron chi connectivity index (χ0n) is 15.9. The third-order valence-corrected chi connectivity index (χ3v) is 6.12. The van der Waals surface area contributed by atoms with Crippen molar-refractivity contribution in [2.75, 3.05) is 26.2 Å². The van der Waals surface area contributed by atoms with Crippen molar-refractivity contribution in [2.45, 2.75) is 69.5 Å². The smallest absolute Gasteiger partial charge is 0.111 e. The number of nitrogens with one attached hydrogen (secondary N) is 1. The molecule has 0 saturated carbocycles. The van der Waals surface area contributed by atoms with E-state index in [1.807, 2.05) is 0 Å². The minimum absolute atomic E-state index is 0. The van der Waals surface area contributed by atoms with Gasteiger partial charge in [-0.15, -0.1) is 24.8 Å². The minimum atomic E-state index is -1.05. The van der Waals surface area contributed by atoms with Crippen molar-refractivity contribution in [3.05, 3.63) is 17.5 Å². The number of hydrogen-bond donors (Lipinski definition) is 3. The van der Waals surface area contributed by atoms with Gasteiger partial charge in [-0.3, -0.25) is 9.58 Å². The zero-order valence-corrected chi connectivity index (χ0v) is 17.5. The van der Waals surface area contributed by atoms with Gasteiger partial charge in [0.25, 0.3) is 0 Å². The first kappa shape index (κ1) is 22.9. The van der Waals surface area contributed by atoms with E-state index >= 15 is 0 Å². The van der Waals surface area contributed by atoms with Gasteiger partial charge in [0.2, 0.25) is 0 Å². The first-order chi connectivity index (χ1) is 12.0. The summed E-state index contributed by atoms with van der Waals surface area (Å²) in [6.45, 7) is 7.72. The molecule has 27 heavy (non-hydrogen) atoms. The summed E-state index contributed by atoms with van der Waals surface area (Å²) in [6.07, 6.45) is 2.30. The largest absolute Gasteiger partial charge is 0.387 e. The molecule has 7 nitrogen and oxygen atoms in total. The molecule has 2 fully saturated rings. The van der Waals surface area contributed by atoms with Crippen LogP contribution in [0.5, 0.6) is 0 Å². The van der Waals surface area contributed by atoms with Crippen LogP contribution in [0.2, 0.25) is 0 Å². The van der Waals surface area contributed by atoms with Crippen LogP contribution in [0.4, 0.5) is 0 Å². The van der Waals surface area contributed by atoms with Crippen molar-refractivity contribution < 1.29 is 14.9 Å². The number of nitrogens with zero attached hydrogens (tertiary/aromatic N) is 3. The molecular formula is C18H32Cl2N4O3. The summed E-state index contributed by atoms with van der Waals surface area (Å²) in [7, 11) is 0. The van der Waals surface area contributed by atoms with Gasteiger partial charge in [-0.05, 0) is 38.8 Å². The second kappa shape index (κ2) is 8.95. The number of aliphatic hydroxyl groups excluding tert-OH is 1. The first-order valence-corrected chi connectivity index (χ1v) is 9.52. The molecule has 0 radical (unpaired) electrons. The Hall–Kier alpha value is -0.410. The molecule has 0 aromatic carbocycles. The summed E-state index contributed by atoms with van der Waals surface area (Å²) in [5.74, 6) is 0. The lowest BCUT2D eigenvalue weighted by Crippen LogP contribution is -2.64. The molecule has 0 unspecified atom stereocenters. The summed E-state index contributed by atoms with van der Waals surface area (Å²) in [5, 5.41) is 29.2. The van der Waals surface area contributed by atoms with Gasteiger partial charge in [0, 0.05) is 39.1 Å². The van der Waals surface area contributed by atoms with Crippen LogP contribution in [0.3, 0.4) is 0 Å². The fourth-order valence-electron chi connectivity index (χ4n) is 4.48.